The Balaban J connectivity index is 2.07. The predicted octanol–water partition coefficient (Wildman–Crippen LogP) is 2.92. The first-order valence-corrected chi connectivity index (χ1v) is 8.78. The second-order valence-electron chi connectivity index (χ2n) is 5.33. The number of rotatable bonds is 9. The molecule has 0 aliphatic heterocycles. The maximum absolute atomic E-state index is 12.6. The normalized spacial score (nSPS) is 10.3. The highest BCUT2D eigenvalue weighted by Gasteiger charge is 2.16. The second-order valence-corrected chi connectivity index (χ2v) is 6.37. The van der Waals surface area contributed by atoms with Crippen LogP contribution in [0.1, 0.15) is 22.2 Å². The number of likely N-dealkylation sites (N-methyl/N-ethyl adjacent to an activating group) is 1. The molecule has 2 aromatic rings. The zero-order valence-corrected chi connectivity index (χ0v) is 15.0. The van der Waals surface area contributed by atoms with E-state index in [4.69, 9.17) is 14.6 Å². The van der Waals surface area contributed by atoms with Gasteiger partial charge in [-0.05, 0) is 43.0 Å². The Morgan fingerprint density at radius 1 is 1.20 bits per heavy atom. The number of hydrogen-bond donors (Lipinski definition) is 1. The molecule has 0 unspecified atom stereocenters. The molecule has 6 nitrogen and oxygen atoms in total. The van der Waals surface area contributed by atoms with Crippen molar-refractivity contribution >= 4 is 23.2 Å². The number of carboxylic acids is 1. The number of carbonyl (C=O) groups excluding carboxylic acids is 1. The van der Waals surface area contributed by atoms with Gasteiger partial charge in [-0.1, -0.05) is 6.07 Å². The highest BCUT2D eigenvalue weighted by atomic mass is 32.1. The van der Waals surface area contributed by atoms with Gasteiger partial charge in [-0.2, -0.15) is 0 Å². The lowest BCUT2D eigenvalue weighted by Gasteiger charge is -2.18. The third-order valence-corrected chi connectivity index (χ3v) is 4.40. The molecule has 1 heterocycles. The van der Waals surface area contributed by atoms with Gasteiger partial charge in [0.2, 0.25) is 0 Å². The van der Waals surface area contributed by atoms with Gasteiger partial charge < -0.3 is 19.5 Å². The lowest BCUT2D eigenvalue weighted by molar-refractivity contribution is -0.139. The molecule has 134 valence electrons. The third kappa shape index (κ3) is 5.49. The molecule has 7 heteroatoms. The monoisotopic (exact) mass is 363 g/mol. The minimum Gasteiger partial charge on any atom is -0.490 e. The molecule has 0 atom stereocenters. The van der Waals surface area contributed by atoms with Crippen molar-refractivity contribution in [3.63, 3.8) is 0 Å². The van der Waals surface area contributed by atoms with E-state index in [9.17, 15) is 9.59 Å². The predicted molar refractivity (Wildman–Crippen MR) is 95.7 cm³/mol. The van der Waals surface area contributed by atoms with Gasteiger partial charge in [0, 0.05) is 24.0 Å². The van der Waals surface area contributed by atoms with Crippen LogP contribution in [0.5, 0.6) is 11.5 Å². The topological polar surface area (TPSA) is 76.1 Å². The van der Waals surface area contributed by atoms with Crippen LogP contribution in [0.4, 0.5) is 0 Å². The first-order valence-electron chi connectivity index (χ1n) is 7.90. The summed E-state index contributed by atoms with van der Waals surface area (Å²) in [5, 5.41) is 10.7. The summed E-state index contributed by atoms with van der Waals surface area (Å²) < 4.78 is 10.7. The summed E-state index contributed by atoms with van der Waals surface area (Å²) in [4.78, 5) is 26.1. The molecule has 0 saturated heterocycles. The van der Waals surface area contributed by atoms with Crippen molar-refractivity contribution < 1.29 is 24.2 Å². The number of hydrogen-bond acceptors (Lipinski definition) is 5. The average molecular weight is 363 g/mol. The van der Waals surface area contributed by atoms with Gasteiger partial charge in [0.1, 0.15) is 0 Å². The first kappa shape index (κ1) is 18.8. The van der Waals surface area contributed by atoms with E-state index in [1.807, 2.05) is 24.4 Å². The highest BCUT2D eigenvalue weighted by Crippen LogP contribution is 2.29. The van der Waals surface area contributed by atoms with Crippen molar-refractivity contribution in [1.29, 1.82) is 0 Å². The van der Waals surface area contributed by atoms with E-state index in [1.165, 1.54) is 4.88 Å². The van der Waals surface area contributed by atoms with E-state index in [0.717, 1.165) is 6.42 Å². The number of ether oxygens (including phenoxy) is 2. The molecule has 0 saturated carbocycles. The quantitative estimate of drug-likeness (QED) is 0.741. The molecule has 0 aliphatic rings. The maximum Gasteiger partial charge on any atom is 0.341 e. The zero-order valence-electron chi connectivity index (χ0n) is 14.2. The molecule has 1 amide bonds. The molecule has 0 radical (unpaired) electrons. The van der Waals surface area contributed by atoms with Crippen molar-refractivity contribution in [3.05, 3.63) is 46.2 Å². The fourth-order valence-corrected chi connectivity index (χ4v) is 2.92. The smallest absolute Gasteiger partial charge is 0.341 e. The summed E-state index contributed by atoms with van der Waals surface area (Å²) in [7, 11) is 1.76. The maximum atomic E-state index is 12.6. The number of carboxylic acid groups (broad SMARTS) is 1. The van der Waals surface area contributed by atoms with Gasteiger partial charge >= 0.3 is 5.97 Å². The first-order chi connectivity index (χ1) is 12.0. The summed E-state index contributed by atoms with van der Waals surface area (Å²) in [6, 6.07) is 8.80. The van der Waals surface area contributed by atoms with Crippen LogP contribution in [0.15, 0.2) is 35.7 Å². The average Bonchev–Trinajstić information content (AvgIpc) is 3.11. The highest BCUT2D eigenvalue weighted by molar-refractivity contribution is 7.09. The van der Waals surface area contributed by atoms with Crippen LogP contribution in [-0.2, 0) is 11.2 Å². The summed E-state index contributed by atoms with van der Waals surface area (Å²) >= 11 is 1.67. The Kier molecular flexibility index (Phi) is 6.82. The fourth-order valence-electron chi connectivity index (χ4n) is 2.22. The molecule has 0 bridgehead atoms. The Hall–Kier alpha value is -2.54. The van der Waals surface area contributed by atoms with E-state index in [-0.39, 0.29) is 5.91 Å². The summed E-state index contributed by atoms with van der Waals surface area (Å²) in [6.07, 6.45) is 0.804. The lowest BCUT2D eigenvalue weighted by atomic mass is 10.1. The van der Waals surface area contributed by atoms with Crippen LogP contribution in [-0.4, -0.2) is 48.7 Å². The van der Waals surface area contributed by atoms with Crippen LogP contribution in [0.3, 0.4) is 0 Å². The number of carbonyl (C=O) groups is 2. The fraction of sp³-hybridized carbons (Fsp3) is 0.333. The molecular weight excluding hydrogens is 342 g/mol. The number of benzene rings is 1. The molecule has 0 aliphatic carbocycles. The minimum atomic E-state index is -1.07. The van der Waals surface area contributed by atoms with E-state index in [1.54, 1.807) is 41.5 Å². The molecule has 25 heavy (non-hydrogen) atoms. The van der Waals surface area contributed by atoms with Gasteiger partial charge in [0.05, 0.1) is 6.61 Å². The Bertz CT molecular complexity index is 714. The largest absolute Gasteiger partial charge is 0.490 e. The number of amides is 1. The lowest BCUT2D eigenvalue weighted by Crippen LogP contribution is -2.28. The van der Waals surface area contributed by atoms with Gasteiger partial charge in [-0.3, -0.25) is 4.79 Å². The van der Waals surface area contributed by atoms with Crippen LogP contribution in [0, 0.1) is 0 Å². The van der Waals surface area contributed by atoms with Gasteiger partial charge in [0.25, 0.3) is 5.91 Å². The molecule has 1 N–H and O–H groups in total. The molecule has 0 spiro atoms. The molecule has 1 aromatic heterocycles. The minimum absolute atomic E-state index is 0.123. The SMILES string of the molecule is CCOc1cc(C(=O)N(C)CCc2cccs2)ccc1OCC(=O)O. The Morgan fingerprint density at radius 3 is 2.64 bits per heavy atom. The van der Waals surface area contributed by atoms with E-state index >= 15 is 0 Å². The Morgan fingerprint density at radius 2 is 2.00 bits per heavy atom. The summed E-state index contributed by atoms with van der Waals surface area (Å²) in [5.74, 6) is -0.526. The second kappa shape index (κ2) is 9.08. The number of aliphatic carboxylic acids is 1. The number of nitrogens with zero attached hydrogens (tertiary/aromatic N) is 1. The van der Waals surface area contributed by atoms with E-state index in [2.05, 4.69) is 0 Å². The van der Waals surface area contributed by atoms with Gasteiger partial charge in [-0.15, -0.1) is 11.3 Å². The standard InChI is InChI=1S/C18H21NO5S/c1-3-23-16-11-13(6-7-15(16)24-12-17(20)21)18(22)19(2)9-8-14-5-4-10-25-14/h4-7,10-11H,3,8-9,12H2,1-2H3,(H,20,21). The summed E-state index contributed by atoms with van der Waals surface area (Å²) in [5.41, 5.74) is 0.472. The zero-order chi connectivity index (χ0) is 18.2. The van der Waals surface area contributed by atoms with Crippen molar-refractivity contribution in [3.8, 4) is 11.5 Å². The van der Waals surface area contributed by atoms with Crippen molar-refractivity contribution in [1.82, 2.24) is 4.90 Å². The van der Waals surface area contributed by atoms with Crippen molar-refractivity contribution in [2.24, 2.45) is 0 Å². The molecule has 1 aromatic carbocycles. The van der Waals surface area contributed by atoms with Gasteiger partial charge in [-0.25, -0.2) is 4.79 Å². The van der Waals surface area contributed by atoms with E-state index in [0.29, 0.717) is 30.2 Å². The third-order valence-electron chi connectivity index (χ3n) is 3.46. The van der Waals surface area contributed by atoms with Crippen molar-refractivity contribution in [2.45, 2.75) is 13.3 Å². The summed E-state index contributed by atoms with van der Waals surface area (Å²) in [6.45, 7) is 2.34. The molecule has 0 fully saturated rings. The van der Waals surface area contributed by atoms with Crippen LogP contribution < -0.4 is 9.47 Å². The van der Waals surface area contributed by atoms with Crippen molar-refractivity contribution in [2.75, 3.05) is 26.8 Å². The number of thiophene rings is 1. The van der Waals surface area contributed by atoms with Crippen LogP contribution in [0.25, 0.3) is 0 Å². The molecule has 2 rings (SSSR count). The van der Waals surface area contributed by atoms with Crippen LogP contribution >= 0.6 is 11.3 Å². The van der Waals surface area contributed by atoms with Gasteiger partial charge in [0.15, 0.2) is 18.1 Å². The van der Waals surface area contributed by atoms with Crippen LogP contribution in [0.2, 0.25) is 0 Å². The molecular formula is C18H21NO5S. The Labute approximate surface area is 150 Å². The van der Waals surface area contributed by atoms with E-state index < -0.39 is 12.6 Å².